The number of hydrogen-bond acceptors (Lipinski definition) is 9. The van der Waals surface area contributed by atoms with Gasteiger partial charge in [0.05, 0.1) is 23.4 Å². The number of methoxy groups -OCH3 is 1. The number of thiazole rings is 1. The van der Waals surface area contributed by atoms with Crippen LogP contribution in [0.15, 0.2) is 18.2 Å². The van der Waals surface area contributed by atoms with E-state index in [1.54, 1.807) is 20.8 Å². The Bertz CT molecular complexity index is 1070. The highest BCUT2D eigenvalue weighted by atomic mass is 32.1. The van der Waals surface area contributed by atoms with Crippen LogP contribution in [0.3, 0.4) is 0 Å². The van der Waals surface area contributed by atoms with E-state index in [4.69, 9.17) is 4.74 Å². The molecule has 0 spiro atoms. The first kappa shape index (κ1) is 22.2. The Kier molecular flexibility index (Phi) is 6.20. The van der Waals surface area contributed by atoms with Gasteiger partial charge in [-0.25, -0.2) is 9.78 Å². The van der Waals surface area contributed by atoms with Crippen LogP contribution in [0.25, 0.3) is 0 Å². The summed E-state index contributed by atoms with van der Waals surface area (Å²) in [5, 5.41) is 13.9. The number of anilines is 2. The van der Waals surface area contributed by atoms with Gasteiger partial charge >= 0.3 is 5.97 Å². The predicted molar refractivity (Wildman–Crippen MR) is 112 cm³/mol. The molecule has 12 heteroatoms. The Labute approximate surface area is 181 Å². The molecule has 2 aromatic rings. The molecule has 31 heavy (non-hydrogen) atoms. The molecule has 1 atom stereocenters. The summed E-state index contributed by atoms with van der Waals surface area (Å²) in [6.07, 6.45) is -0.838. The molecule has 1 N–H and O–H groups in total. The van der Waals surface area contributed by atoms with Crippen LogP contribution in [-0.2, 0) is 14.3 Å². The number of nitro groups is 1. The summed E-state index contributed by atoms with van der Waals surface area (Å²) in [5.41, 5.74) is 0.300. The minimum atomic E-state index is -0.838. The number of aryl methyl sites for hydroxylation is 1. The maximum Gasteiger partial charge on any atom is 0.350 e. The van der Waals surface area contributed by atoms with Crippen molar-refractivity contribution in [1.29, 1.82) is 0 Å². The van der Waals surface area contributed by atoms with Crippen molar-refractivity contribution in [3.05, 3.63) is 38.9 Å². The number of carbonyl (C=O) groups excluding carboxylic acids is 3. The smallest absolute Gasteiger partial charge is 0.350 e. The Hall–Kier alpha value is -3.54. The quantitative estimate of drug-likeness (QED) is 0.404. The van der Waals surface area contributed by atoms with Gasteiger partial charge in [-0.2, -0.15) is 0 Å². The normalized spacial score (nSPS) is 15.3. The molecular weight excluding hydrogens is 428 g/mol. The maximum absolute atomic E-state index is 13.0. The minimum absolute atomic E-state index is 0.136. The van der Waals surface area contributed by atoms with Crippen molar-refractivity contribution >= 4 is 45.6 Å². The lowest BCUT2D eigenvalue weighted by molar-refractivity contribution is -0.384. The highest BCUT2D eigenvalue weighted by Gasteiger charge is 2.38. The van der Waals surface area contributed by atoms with Crippen LogP contribution in [0.1, 0.15) is 29.2 Å². The summed E-state index contributed by atoms with van der Waals surface area (Å²) < 4.78 is 10.4. The molecule has 164 valence electrons. The highest BCUT2D eigenvalue weighted by molar-refractivity contribution is 7.17. The first-order valence-electron chi connectivity index (χ1n) is 9.24. The molecule has 3 rings (SSSR count). The summed E-state index contributed by atoms with van der Waals surface area (Å²) in [7, 11) is 1.24. The van der Waals surface area contributed by atoms with Gasteiger partial charge in [-0.3, -0.25) is 24.6 Å². The third-order valence-electron chi connectivity index (χ3n) is 4.53. The number of rotatable bonds is 6. The Morgan fingerprint density at radius 2 is 2.13 bits per heavy atom. The number of ether oxygens (including phenoxy) is 2. The second-order valence-electron chi connectivity index (χ2n) is 7.09. The van der Waals surface area contributed by atoms with Gasteiger partial charge in [0.15, 0.2) is 11.2 Å². The third-order valence-corrected chi connectivity index (χ3v) is 5.58. The molecule has 2 amide bonds. The number of esters is 1. The second kappa shape index (κ2) is 8.68. The van der Waals surface area contributed by atoms with Crippen LogP contribution in [-0.4, -0.2) is 47.4 Å². The van der Waals surface area contributed by atoms with E-state index in [1.165, 1.54) is 25.3 Å². The van der Waals surface area contributed by atoms with Gasteiger partial charge in [0.2, 0.25) is 5.91 Å². The lowest BCUT2D eigenvalue weighted by Crippen LogP contribution is -2.50. The zero-order chi connectivity index (χ0) is 22.9. The van der Waals surface area contributed by atoms with E-state index in [1.807, 2.05) is 0 Å². The van der Waals surface area contributed by atoms with E-state index >= 15 is 0 Å². The van der Waals surface area contributed by atoms with Crippen molar-refractivity contribution in [3.8, 4) is 5.75 Å². The molecule has 0 bridgehead atoms. The number of carbonyl (C=O) groups is 3. The van der Waals surface area contributed by atoms with Crippen molar-refractivity contribution < 1.29 is 28.8 Å². The number of nitrogens with zero attached hydrogens (tertiary/aromatic N) is 3. The lowest BCUT2D eigenvalue weighted by Gasteiger charge is -2.35. The topological polar surface area (TPSA) is 141 Å². The average molecular weight is 448 g/mol. The Balaban J connectivity index is 1.87. The summed E-state index contributed by atoms with van der Waals surface area (Å²) in [5.74, 6) is -1.55. The molecule has 0 radical (unpaired) electrons. The molecule has 11 nitrogen and oxygen atoms in total. The highest BCUT2D eigenvalue weighted by Crippen LogP contribution is 2.38. The van der Waals surface area contributed by atoms with Crippen LogP contribution >= 0.6 is 11.3 Å². The van der Waals surface area contributed by atoms with Crippen LogP contribution < -0.4 is 15.0 Å². The molecular formula is C19H20N4O7S. The van der Waals surface area contributed by atoms with Crippen molar-refractivity contribution in [2.45, 2.75) is 26.9 Å². The summed E-state index contributed by atoms with van der Waals surface area (Å²) in [6, 6.07) is 3.88. The number of hydrogen-bond donors (Lipinski definition) is 1. The molecule has 0 aliphatic carbocycles. The zero-order valence-corrected chi connectivity index (χ0v) is 18.0. The van der Waals surface area contributed by atoms with Gasteiger partial charge in [-0.1, -0.05) is 25.2 Å². The molecule has 1 aromatic carbocycles. The van der Waals surface area contributed by atoms with Crippen molar-refractivity contribution in [2.24, 2.45) is 5.92 Å². The van der Waals surface area contributed by atoms with Gasteiger partial charge in [-0.05, 0) is 18.9 Å². The molecule has 1 unspecified atom stereocenters. The molecule has 1 aromatic heterocycles. The van der Waals surface area contributed by atoms with Crippen LogP contribution in [0.4, 0.5) is 16.5 Å². The summed E-state index contributed by atoms with van der Waals surface area (Å²) >= 11 is 0.946. The van der Waals surface area contributed by atoms with E-state index in [0.717, 1.165) is 16.2 Å². The first-order valence-corrected chi connectivity index (χ1v) is 10.1. The van der Waals surface area contributed by atoms with E-state index in [9.17, 15) is 24.5 Å². The van der Waals surface area contributed by atoms with Crippen LogP contribution in [0.2, 0.25) is 0 Å². The van der Waals surface area contributed by atoms with Crippen molar-refractivity contribution in [2.75, 3.05) is 23.9 Å². The third kappa shape index (κ3) is 4.48. The molecule has 0 saturated heterocycles. The fraction of sp³-hybridized carbons (Fsp3) is 0.368. The number of fused-ring (bicyclic) bond motifs is 1. The van der Waals surface area contributed by atoms with Crippen molar-refractivity contribution in [3.63, 3.8) is 0 Å². The number of aromatic nitrogens is 1. The van der Waals surface area contributed by atoms with Crippen molar-refractivity contribution in [1.82, 2.24) is 4.98 Å². The number of nitro benzene ring substituents is 1. The van der Waals surface area contributed by atoms with E-state index in [-0.39, 0.29) is 33.1 Å². The van der Waals surface area contributed by atoms with Gasteiger partial charge in [-0.15, -0.1) is 0 Å². The zero-order valence-electron chi connectivity index (χ0n) is 17.2. The SMILES string of the molecule is COC(=O)c1sc(NC(=O)CN2C(=O)C(C(C)C)Oc3ccc([N+](=O)[O-])cc32)nc1C. The monoisotopic (exact) mass is 448 g/mol. The molecule has 1 aliphatic heterocycles. The largest absolute Gasteiger partial charge is 0.478 e. The van der Waals surface area contributed by atoms with Gasteiger partial charge in [0, 0.05) is 12.1 Å². The van der Waals surface area contributed by atoms with Gasteiger partial charge in [0.25, 0.3) is 11.6 Å². The summed E-state index contributed by atoms with van der Waals surface area (Å²) in [6.45, 7) is 4.78. The Morgan fingerprint density at radius 1 is 1.42 bits per heavy atom. The second-order valence-corrected chi connectivity index (χ2v) is 8.09. The Morgan fingerprint density at radius 3 is 2.74 bits per heavy atom. The number of benzene rings is 1. The minimum Gasteiger partial charge on any atom is -0.478 e. The molecule has 0 fully saturated rings. The van der Waals surface area contributed by atoms with Crippen LogP contribution in [0, 0.1) is 23.0 Å². The van der Waals surface area contributed by atoms with Gasteiger partial charge < -0.3 is 14.8 Å². The lowest BCUT2D eigenvalue weighted by atomic mass is 10.0. The molecule has 0 saturated carbocycles. The maximum atomic E-state index is 13.0. The number of non-ortho nitro benzene ring substituents is 1. The fourth-order valence-corrected chi connectivity index (χ4v) is 3.91. The summed E-state index contributed by atoms with van der Waals surface area (Å²) in [4.78, 5) is 53.5. The predicted octanol–water partition coefficient (Wildman–Crippen LogP) is 2.54. The molecule has 1 aliphatic rings. The first-order chi connectivity index (χ1) is 14.6. The standard InChI is InChI=1S/C19H20N4O7S/c1-9(2)15-17(25)22(12-7-11(23(27)28)5-6-13(12)30-15)8-14(24)21-19-20-10(3)16(31-19)18(26)29-4/h5-7,9,15H,8H2,1-4H3,(H,20,21,24). The van der Waals surface area contributed by atoms with E-state index in [2.05, 4.69) is 15.0 Å². The average Bonchev–Trinajstić information content (AvgIpc) is 3.08. The van der Waals surface area contributed by atoms with Gasteiger partial charge in [0.1, 0.15) is 17.2 Å². The number of nitrogens with one attached hydrogen (secondary N) is 1. The fourth-order valence-electron chi connectivity index (χ4n) is 3.01. The number of amides is 2. The van der Waals surface area contributed by atoms with Crippen LogP contribution in [0.5, 0.6) is 5.75 Å². The van der Waals surface area contributed by atoms with E-state index < -0.39 is 35.4 Å². The molecule has 2 heterocycles. The van der Waals surface area contributed by atoms with E-state index in [0.29, 0.717) is 5.69 Å².